The molecule has 144 valence electrons. The Labute approximate surface area is 168 Å². The SMILES string of the molecule is CC(=O)Oc1ccc2nccc(-c3c(-c4cccc(C)n4)nn4c3CCC4)c2c1. The Morgan fingerprint density at radius 1 is 1.17 bits per heavy atom. The lowest BCUT2D eigenvalue weighted by Gasteiger charge is -2.10. The van der Waals surface area contributed by atoms with E-state index >= 15 is 0 Å². The number of benzene rings is 1. The van der Waals surface area contributed by atoms with E-state index in [-0.39, 0.29) is 5.97 Å². The van der Waals surface area contributed by atoms with Gasteiger partial charge in [0.05, 0.1) is 11.2 Å². The van der Waals surface area contributed by atoms with Gasteiger partial charge in [0.1, 0.15) is 11.4 Å². The fourth-order valence-corrected chi connectivity index (χ4v) is 4.04. The highest BCUT2D eigenvalue weighted by Gasteiger charge is 2.25. The van der Waals surface area contributed by atoms with Gasteiger partial charge in [0, 0.05) is 42.0 Å². The summed E-state index contributed by atoms with van der Waals surface area (Å²) in [4.78, 5) is 20.6. The van der Waals surface area contributed by atoms with E-state index in [2.05, 4.69) is 9.67 Å². The Morgan fingerprint density at radius 3 is 2.90 bits per heavy atom. The van der Waals surface area contributed by atoms with Crippen LogP contribution in [0, 0.1) is 6.92 Å². The summed E-state index contributed by atoms with van der Waals surface area (Å²) in [6, 6.07) is 13.5. The molecule has 0 fully saturated rings. The average Bonchev–Trinajstić information content (AvgIpc) is 3.28. The van der Waals surface area contributed by atoms with Gasteiger partial charge in [0.2, 0.25) is 0 Å². The predicted octanol–water partition coefficient (Wildman–Crippen LogP) is 4.34. The summed E-state index contributed by atoms with van der Waals surface area (Å²) in [6.45, 7) is 4.30. The number of ether oxygens (including phenoxy) is 1. The molecule has 0 amide bonds. The van der Waals surface area contributed by atoms with Crippen molar-refractivity contribution in [2.75, 3.05) is 0 Å². The summed E-state index contributed by atoms with van der Waals surface area (Å²) in [5.74, 6) is 0.171. The van der Waals surface area contributed by atoms with Gasteiger partial charge in [-0.2, -0.15) is 5.10 Å². The normalized spacial score (nSPS) is 12.9. The van der Waals surface area contributed by atoms with Crippen LogP contribution in [-0.2, 0) is 17.8 Å². The van der Waals surface area contributed by atoms with Crippen molar-refractivity contribution in [1.29, 1.82) is 0 Å². The summed E-state index contributed by atoms with van der Waals surface area (Å²) in [6.07, 6.45) is 3.87. The van der Waals surface area contributed by atoms with E-state index in [0.717, 1.165) is 58.5 Å². The summed E-state index contributed by atoms with van der Waals surface area (Å²) in [5.41, 5.74) is 6.89. The zero-order valence-electron chi connectivity index (χ0n) is 16.3. The molecule has 4 heterocycles. The number of aryl methyl sites for hydroxylation is 2. The molecule has 0 bridgehead atoms. The highest BCUT2D eigenvalue weighted by atomic mass is 16.5. The number of esters is 1. The fourth-order valence-electron chi connectivity index (χ4n) is 4.04. The van der Waals surface area contributed by atoms with Crippen LogP contribution in [0.4, 0.5) is 0 Å². The van der Waals surface area contributed by atoms with Gasteiger partial charge in [-0.25, -0.2) is 0 Å². The van der Waals surface area contributed by atoms with Gasteiger partial charge in [-0.1, -0.05) is 6.07 Å². The van der Waals surface area contributed by atoms with Gasteiger partial charge in [-0.05, 0) is 61.7 Å². The second kappa shape index (κ2) is 6.81. The first-order valence-corrected chi connectivity index (χ1v) is 9.71. The molecule has 4 aromatic rings. The maximum absolute atomic E-state index is 11.4. The van der Waals surface area contributed by atoms with E-state index in [0.29, 0.717) is 5.75 Å². The van der Waals surface area contributed by atoms with Crippen LogP contribution in [0.1, 0.15) is 24.7 Å². The Hall–Kier alpha value is -3.54. The molecule has 0 saturated carbocycles. The maximum atomic E-state index is 11.4. The van der Waals surface area contributed by atoms with Crippen LogP contribution in [0.15, 0.2) is 48.7 Å². The number of carbonyl (C=O) groups is 1. The highest BCUT2D eigenvalue weighted by Crippen LogP contribution is 2.40. The average molecular weight is 384 g/mol. The number of nitrogens with zero attached hydrogens (tertiary/aromatic N) is 4. The van der Waals surface area contributed by atoms with Crippen LogP contribution < -0.4 is 4.74 Å². The van der Waals surface area contributed by atoms with E-state index in [1.807, 2.05) is 49.5 Å². The van der Waals surface area contributed by atoms with Gasteiger partial charge in [0.25, 0.3) is 0 Å². The second-order valence-corrected chi connectivity index (χ2v) is 7.29. The van der Waals surface area contributed by atoms with Crippen molar-refractivity contribution in [3.05, 3.63) is 60.0 Å². The summed E-state index contributed by atoms with van der Waals surface area (Å²) >= 11 is 0. The topological polar surface area (TPSA) is 69.9 Å². The number of rotatable bonds is 3. The molecule has 0 spiro atoms. The van der Waals surface area contributed by atoms with Crippen molar-refractivity contribution in [1.82, 2.24) is 19.7 Å². The third-order valence-corrected chi connectivity index (χ3v) is 5.22. The Kier molecular flexibility index (Phi) is 4.12. The van der Waals surface area contributed by atoms with Crippen molar-refractivity contribution in [2.24, 2.45) is 0 Å². The highest BCUT2D eigenvalue weighted by molar-refractivity contribution is 5.99. The zero-order chi connectivity index (χ0) is 20.0. The third-order valence-electron chi connectivity index (χ3n) is 5.22. The van der Waals surface area contributed by atoms with Crippen LogP contribution in [0.3, 0.4) is 0 Å². The van der Waals surface area contributed by atoms with E-state index in [9.17, 15) is 4.79 Å². The lowest BCUT2D eigenvalue weighted by atomic mass is 9.96. The molecule has 0 unspecified atom stereocenters. The lowest BCUT2D eigenvalue weighted by Crippen LogP contribution is -2.01. The standard InChI is InChI=1S/C23H20N4O2/c1-14-5-3-6-20(25-14)23-22(21-7-4-12-27(21)26-23)17-10-11-24-19-9-8-16(13-18(17)19)29-15(2)28/h3,5-6,8-11,13H,4,7,12H2,1-2H3. The quantitative estimate of drug-likeness (QED) is 0.388. The molecule has 0 N–H and O–H groups in total. The van der Waals surface area contributed by atoms with Crippen LogP contribution in [-0.4, -0.2) is 25.7 Å². The minimum absolute atomic E-state index is 0.342. The smallest absolute Gasteiger partial charge is 0.308 e. The molecular formula is C23H20N4O2. The lowest BCUT2D eigenvalue weighted by molar-refractivity contribution is -0.131. The minimum atomic E-state index is -0.342. The van der Waals surface area contributed by atoms with E-state index in [1.165, 1.54) is 12.6 Å². The van der Waals surface area contributed by atoms with Crippen LogP contribution in [0.2, 0.25) is 0 Å². The van der Waals surface area contributed by atoms with Gasteiger partial charge in [0.15, 0.2) is 0 Å². The van der Waals surface area contributed by atoms with Gasteiger partial charge in [-0.15, -0.1) is 0 Å². The van der Waals surface area contributed by atoms with Crippen molar-refractivity contribution >= 4 is 16.9 Å². The van der Waals surface area contributed by atoms with Crippen molar-refractivity contribution in [3.8, 4) is 28.3 Å². The molecule has 0 saturated heterocycles. The van der Waals surface area contributed by atoms with E-state index in [4.69, 9.17) is 14.8 Å². The van der Waals surface area contributed by atoms with Crippen molar-refractivity contribution in [2.45, 2.75) is 33.2 Å². The van der Waals surface area contributed by atoms with E-state index in [1.54, 1.807) is 6.07 Å². The predicted molar refractivity (Wildman–Crippen MR) is 111 cm³/mol. The first-order valence-electron chi connectivity index (χ1n) is 9.71. The number of fused-ring (bicyclic) bond motifs is 2. The molecule has 1 aliphatic rings. The Bertz CT molecular complexity index is 1260. The molecular weight excluding hydrogens is 364 g/mol. The van der Waals surface area contributed by atoms with Crippen LogP contribution in [0.25, 0.3) is 33.4 Å². The number of aromatic nitrogens is 4. The van der Waals surface area contributed by atoms with Crippen LogP contribution in [0.5, 0.6) is 5.75 Å². The molecule has 6 nitrogen and oxygen atoms in total. The molecule has 6 heteroatoms. The number of hydrogen-bond acceptors (Lipinski definition) is 5. The summed E-state index contributed by atoms with van der Waals surface area (Å²) in [7, 11) is 0. The Morgan fingerprint density at radius 2 is 2.07 bits per heavy atom. The molecule has 1 aromatic carbocycles. The summed E-state index contributed by atoms with van der Waals surface area (Å²) in [5, 5.41) is 5.84. The third kappa shape index (κ3) is 3.06. The molecule has 0 aliphatic carbocycles. The largest absolute Gasteiger partial charge is 0.427 e. The molecule has 0 atom stereocenters. The van der Waals surface area contributed by atoms with Crippen LogP contribution >= 0.6 is 0 Å². The number of hydrogen-bond donors (Lipinski definition) is 0. The first kappa shape index (κ1) is 17.6. The number of carbonyl (C=O) groups excluding carboxylic acids is 1. The minimum Gasteiger partial charge on any atom is -0.427 e. The van der Waals surface area contributed by atoms with E-state index < -0.39 is 0 Å². The Balaban J connectivity index is 1.78. The summed E-state index contributed by atoms with van der Waals surface area (Å²) < 4.78 is 7.41. The zero-order valence-corrected chi connectivity index (χ0v) is 16.3. The second-order valence-electron chi connectivity index (χ2n) is 7.29. The first-order chi connectivity index (χ1) is 14.1. The number of pyridine rings is 2. The van der Waals surface area contributed by atoms with Crippen molar-refractivity contribution < 1.29 is 9.53 Å². The monoisotopic (exact) mass is 384 g/mol. The van der Waals surface area contributed by atoms with Gasteiger partial charge >= 0.3 is 5.97 Å². The molecule has 5 rings (SSSR count). The molecule has 29 heavy (non-hydrogen) atoms. The molecule has 3 aromatic heterocycles. The van der Waals surface area contributed by atoms with Crippen molar-refractivity contribution in [3.63, 3.8) is 0 Å². The van der Waals surface area contributed by atoms with Gasteiger partial charge < -0.3 is 4.74 Å². The molecule has 0 radical (unpaired) electrons. The van der Waals surface area contributed by atoms with Gasteiger partial charge in [-0.3, -0.25) is 19.4 Å². The molecule has 1 aliphatic heterocycles. The maximum Gasteiger partial charge on any atom is 0.308 e. The fraction of sp³-hybridized carbons (Fsp3) is 0.217.